The Morgan fingerprint density at radius 1 is 0.938 bits per heavy atom. The number of carbonyl (C=O) groups is 1. The largest absolute Gasteiger partial charge is 0.369 e. The number of amides is 1. The molecule has 3 heterocycles. The van der Waals surface area contributed by atoms with Gasteiger partial charge in [0.2, 0.25) is 5.91 Å². The Morgan fingerprint density at radius 2 is 1.66 bits per heavy atom. The van der Waals surface area contributed by atoms with Crippen molar-refractivity contribution in [3.8, 4) is 0 Å². The van der Waals surface area contributed by atoms with Crippen LogP contribution in [0.2, 0.25) is 0 Å². The number of hydrogen-bond acceptors (Lipinski definition) is 3. The highest BCUT2D eigenvalue weighted by Gasteiger charge is 2.40. The zero-order valence-electron chi connectivity index (χ0n) is 19.5. The zero-order valence-corrected chi connectivity index (χ0v) is 19.5. The van der Waals surface area contributed by atoms with Crippen molar-refractivity contribution in [2.45, 2.75) is 56.4 Å². The van der Waals surface area contributed by atoms with Crippen LogP contribution in [0.1, 0.15) is 61.5 Å². The molecule has 0 aliphatic carbocycles. The van der Waals surface area contributed by atoms with Crippen molar-refractivity contribution in [2.75, 3.05) is 44.7 Å². The summed E-state index contributed by atoms with van der Waals surface area (Å²) in [7, 11) is 2.25. The van der Waals surface area contributed by atoms with Gasteiger partial charge in [0.25, 0.3) is 0 Å². The molecular weight excluding hydrogens is 394 g/mol. The van der Waals surface area contributed by atoms with Crippen molar-refractivity contribution in [3.05, 3.63) is 65.7 Å². The van der Waals surface area contributed by atoms with Crippen LogP contribution in [0.4, 0.5) is 5.69 Å². The number of rotatable bonds is 5. The van der Waals surface area contributed by atoms with E-state index in [1.54, 1.807) is 0 Å². The van der Waals surface area contributed by atoms with E-state index in [1.165, 1.54) is 36.1 Å². The van der Waals surface area contributed by atoms with Crippen LogP contribution < -0.4 is 4.90 Å². The molecule has 4 heteroatoms. The Kier molecular flexibility index (Phi) is 6.49. The number of fused-ring (bicyclic) bond motifs is 3. The van der Waals surface area contributed by atoms with Crippen molar-refractivity contribution < 1.29 is 4.79 Å². The number of piperidine rings is 1. The van der Waals surface area contributed by atoms with Crippen LogP contribution in [-0.4, -0.2) is 61.5 Å². The maximum Gasteiger partial charge on any atom is 0.230 e. The van der Waals surface area contributed by atoms with Gasteiger partial charge in [-0.25, -0.2) is 0 Å². The van der Waals surface area contributed by atoms with E-state index in [9.17, 15) is 4.79 Å². The first-order chi connectivity index (χ1) is 15.7. The second-order valence-electron chi connectivity index (χ2n) is 9.92. The first-order valence-electron chi connectivity index (χ1n) is 12.6. The van der Waals surface area contributed by atoms with Crippen LogP contribution in [0.15, 0.2) is 54.6 Å². The molecule has 1 unspecified atom stereocenters. The van der Waals surface area contributed by atoms with Crippen LogP contribution in [0.25, 0.3) is 0 Å². The van der Waals surface area contributed by atoms with E-state index in [-0.39, 0.29) is 5.92 Å². The molecule has 0 bridgehead atoms. The number of hydrogen-bond donors (Lipinski definition) is 0. The smallest absolute Gasteiger partial charge is 0.230 e. The molecule has 2 fully saturated rings. The molecule has 0 radical (unpaired) electrons. The zero-order chi connectivity index (χ0) is 21.9. The first kappa shape index (κ1) is 21.5. The summed E-state index contributed by atoms with van der Waals surface area (Å²) in [6, 6.07) is 20.0. The van der Waals surface area contributed by atoms with Gasteiger partial charge in [0.05, 0.1) is 5.92 Å². The summed E-state index contributed by atoms with van der Waals surface area (Å²) in [4.78, 5) is 20.9. The Hall–Kier alpha value is -2.33. The van der Waals surface area contributed by atoms with E-state index in [1.807, 2.05) is 0 Å². The predicted octanol–water partition coefficient (Wildman–Crippen LogP) is 4.87. The Labute approximate surface area is 193 Å². The van der Waals surface area contributed by atoms with E-state index in [0.717, 1.165) is 52.0 Å². The first-order valence-corrected chi connectivity index (χ1v) is 12.6. The lowest BCUT2D eigenvalue weighted by molar-refractivity contribution is -0.133. The molecule has 2 saturated heterocycles. The molecule has 170 valence electrons. The third-order valence-electron chi connectivity index (χ3n) is 8.03. The van der Waals surface area contributed by atoms with Crippen LogP contribution in [0.3, 0.4) is 0 Å². The number of nitrogens with zero attached hydrogens (tertiary/aromatic N) is 3. The summed E-state index contributed by atoms with van der Waals surface area (Å²) in [5.74, 6) is 0.972. The van der Waals surface area contributed by atoms with Crippen molar-refractivity contribution in [1.82, 2.24) is 9.80 Å². The minimum absolute atomic E-state index is 0.0227. The lowest BCUT2D eigenvalue weighted by atomic mass is 9.87. The molecule has 1 amide bonds. The molecular formula is C28H37N3O. The summed E-state index contributed by atoms with van der Waals surface area (Å²) in [6.45, 7) is 5.07. The van der Waals surface area contributed by atoms with Gasteiger partial charge in [0, 0.05) is 44.3 Å². The van der Waals surface area contributed by atoms with E-state index < -0.39 is 0 Å². The van der Waals surface area contributed by atoms with E-state index in [0.29, 0.717) is 17.9 Å². The highest BCUT2D eigenvalue weighted by atomic mass is 16.2. The number of carbonyl (C=O) groups excluding carboxylic acids is 1. The summed E-state index contributed by atoms with van der Waals surface area (Å²) >= 11 is 0. The molecule has 32 heavy (non-hydrogen) atoms. The summed E-state index contributed by atoms with van der Waals surface area (Å²) in [5, 5.41) is 0. The molecule has 0 spiro atoms. The molecule has 0 aromatic heterocycles. The third kappa shape index (κ3) is 4.30. The topological polar surface area (TPSA) is 26.8 Å². The Morgan fingerprint density at radius 3 is 2.44 bits per heavy atom. The molecule has 3 atom stereocenters. The molecule has 3 aliphatic rings. The van der Waals surface area contributed by atoms with E-state index in [4.69, 9.17) is 0 Å². The second-order valence-corrected chi connectivity index (χ2v) is 9.92. The van der Waals surface area contributed by atoms with Crippen molar-refractivity contribution >= 4 is 11.6 Å². The van der Waals surface area contributed by atoms with Gasteiger partial charge < -0.3 is 14.7 Å². The van der Waals surface area contributed by atoms with Gasteiger partial charge in [-0.15, -0.1) is 0 Å². The second kappa shape index (κ2) is 9.66. The summed E-state index contributed by atoms with van der Waals surface area (Å²) < 4.78 is 0. The Bertz CT molecular complexity index is 906. The number of anilines is 1. The molecule has 2 aromatic rings. The van der Waals surface area contributed by atoms with E-state index >= 15 is 0 Å². The Balaban J connectivity index is 1.26. The number of benzene rings is 2. The van der Waals surface area contributed by atoms with Gasteiger partial charge in [-0.05, 0) is 56.0 Å². The maximum atomic E-state index is 13.6. The minimum atomic E-state index is -0.0227. The highest BCUT2D eigenvalue weighted by molar-refractivity contribution is 5.83. The summed E-state index contributed by atoms with van der Waals surface area (Å²) in [6.07, 6.45) is 6.93. The SMILES string of the molecule is CN1c2ccccc2[C@H]2CCN(CCC(C(=O)N3CCCCCC3)c3ccccc3)C[C@@H]21. The molecule has 0 N–H and O–H groups in total. The lowest BCUT2D eigenvalue weighted by Crippen LogP contribution is -2.48. The quantitative estimate of drug-likeness (QED) is 0.676. The monoisotopic (exact) mass is 431 g/mol. The molecule has 3 aliphatic heterocycles. The standard InChI is InChI=1S/C28H37N3O/c1-29-26-14-8-7-13-24(26)25-16-20-30(21-27(25)29)19-15-23(22-11-5-4-6-12-22)28(32)31-17-9-2-3-10-18-31/h4-8,11-14,23,25,27H,2-3,9-10,15-21H2,1H3/t23?,25-,27+/m1/s1. The molecule has 5 rings (SSSR count). The third-order valence-corrected chi connectivity index (χ3v) is 8.03. The summed E-state index contributed by atoms with van der Waals surface area (Å²) in [5.41, 5.74) is 4.11. The molecule has 4 nitrogen and oxygen atoms in total. The van der Waals surface area contributed by atoms with E-state index in [2.05, 4.69) is 76.3 Å². The number of likely N-dealkylation sites (tertiary alicyclic amines) is 2. The van der Waals surface area contributed by atoms with Crippen LogP contribution in [0.5, 0.6) is 0 Å². The number of para-hydroxylation sites is 1. The number of likely N-dealkylation sites (N-methyl/N-ethyl adjacent to an activating group) is 1. The highest BCUT2D eigenvalue weighted by Crippen LogP contribution is 2.44. The molecule has 2 aromatic carbocycles. The molecule has 0 saturated carbocycles. The normalized spacial score (nSPS) is 24.5. The maximum absolute atomic E-state index is 13.6. The van der Waals surface area contributed by atoms with Crippen LogP contribution in [-0.2, 0) is 4.79 Å². The van der Waals surface area contributed by atoms with Gasteiger partial charge in [-0.2, -0.15) is 0 Å². The minimum Gasteiger partial charge on any atom is -0.369 e. The fraction of sp³-hybridized carbons (Fsp3) is 0.536. The van der Waals surface area contributed by atoms with Gasteiger partial charge in [-0.3, -0.25) is 4.79 Å². The average Bonchev–Trinajstić information content (AvgIpc) is 3.00. The van der Waals surface area contributed by atoms with Crippen molar-refractivity contribution in [1.29, 1.82) is 0 Å². The van der Waals surface area contributed by atoms with Gasteiger partial charge in [0.15, 0.2) is 0 Å². The fourth-order valence-corrected chi connectivity index (χ4v) is 6.20. The lowest BCUT2D eigenvalue weighted by Gasteiger charge is -2.39. The van der Waals surface area contributed by atoms with Crippen LogP contribution in [0, 0.1) is 0 Å². The van der Waals surface area contributed by atoms with Crippen molar-refractivity contribution in [2.24, 2.45) is 0 Å². The predicted molar refractivity (Wildman–Crippen MR) is 131 cm³/mol. The van der Waals surface area contributed by atoms with Gasteiger partial charge in [-0.1, -0.05) is 61.4 Å². The fourth-order valence-electron chi connectivity index (χ4n) is 6.20. The van der Waals surface area contributed by atoms with Gasteiger partial charge in [0.1, 0.15) is 0 Å². The average molecular weight is 432 g/mol. The van der Waals surface area contributed by atoms with Crippen LogP contribution >= 0.6 is 0 Å². The van der Waals surface area contributed by atoms with Crippen molar-refractivity contribution in [3.63, 3.8) is 0 Å². The van der Waals surface area contributed by atoms with Gasteiger partial charge >= 0.3 is 0 Å².